The monoisotopic (exact) mass is 178 g/mol. The molecule has 0 saturated carbocycles. The first-order valence-electron chi connectivity index (χ1n) is 5.14. The first kappa shape index (κ1) is 12.2. The van der Waals surface area contributed by atoms with Crippen molar-refractivity contribution in [3.8, 4) is 0 Å². The van der Waals surface area contributed by atoms with E-state index >= 15 is 0 Å². The van der Waals surface area contributed by atoms with Gasteiger partial charge in [-0.2, -0.15) is 0 Å². The molecule has 0 aliphatic carbocycles. The van der Waals surface area contributed by atoms with Gasteiger partial charge in [0, 0.05) is 0 Å². The van der Waals surface area contributed by atoms with E-state index in [1.165, 1.54) is 24.8 Å². The summed E-state index contributed by atoms with van der Waals surface area (Å²) in [5.74, 6) is 0.829. The Balaban J connectivity index is 3.56. The highest BCUT2D eigenvalue weighted by atomic mass is 14.0. The van der Waals surface area contributed by atoms with E-state index in [0.717, 1.165) is 12.3 Å². The van der Waals surface area contributed by atoms with Gasteiger partial charge in [0.05, 0.1) is 0 Å². The van der Waals surface area contributed by atoms with Crippen molar-refractivity contribution >= 4 is 0 Å². The standard InChI is InChI=1S/C13H22/c1-5-9-13(6-2)11-8-7-10-12(3)4/h5-6,9,12H,1-2,7-8,10-11H2,3-4H3/b13-9+. The van der Waals surface area contributed by atoms with Crippen LogP contribution in [-0.2, 0) is 0 Å². The van der Waals surface area contributed by atoms with E-state index < -0.39 is 0 Å². The fourth-order valence-corrected chi connectivity index (χ4v) is 1.29. The highest BCUT2D eigenvalue weighted by Gasteiger charge is 1.95. The predicted molar refractivity (Wildman–Crippen MR) is 61.8 cm³/mol. The van der Waals surface area contributed by atoms with Crippen molar-refractivity contribution in [3.63, 3.8) is 0 Å². The number of hydrogen-bond donors (Lipinski definition) is 0. The van der Waals surface area contributed by atoms with E-state index in [1.54, 1.807) is 0 Å². The molecular weight excluding hydrogens is 156 g/mol. The lowest BCUT2D eigenvalue weighted by molar-refractivity contribution is 0.538. The van der Waals surface area contributed by atoms with Crippen molar-refractivity contribution in [2.75, 3.05) is 0 Å². The van der Waals surface area contributed by atoms with Crippen LogP contribution in [0.2, 0.25) is 0 Å². The number of unbranched alkanes of at least 4 members (excludes halogenated alkanes) is 1. The molecule has 0 aromatic heterocycles. The average molecular weight is 178 g/mol. The Kier molecular flexibility index (Phi) is 7.38. The van der Waals surface area contributed by atoms with Crippen LogP contribution in [0.25, 0.3) is 0 Å². The van der Waals surface area contributed by atoms with Crippen LogP contribution in [0.4, 0.5) is 0 Å². The highest BCUT2D eigenvalue weighted by molar-refractivity contribution is 5.20. The molecule has 0 radical (unpaired) electrons. The fourth-order valence-electron chi connectivity index (χ4n) is 1.29. The van der Waals surface area contributed by atoms with Gasteiger partial charge in [-0.1, -0.05) is 58.1 Å². The molecule has 0 heterocycles. The van der Waals surface area contributed by atoms with Gasteiger partial charge in [-0.3, -0.25) is 0 Å². The average Bonchev–Trinajstić information content (AvgIpc) is 2.10. The maximum Gasteiger partial charge on any atom is -0.0279 e. The second kappa shape index (κ2) is 7.85. The molecule has 0 heteroatoms. The summed E-state index contributed by atoms with van der Waals surface area (Å²) in [5.41, 5.74) is 1.30. The van der Waals surface area contributed by atoms with E-state index in [4.69, 9.17) is 0 Å². The quantitative estimate of drug-likeness (QED) is 0.397. The first-order valence-corrected chi connectivity index (χ1v) is 5.14. The minimum atomic E-state index is 0.829. The van der Waals surface area contributed by atoms with Gasteiger partial charge >= 0.3 is 0 Å². The van der Waals surface area contributed by atoms with Crippen LogP contribution in [0.5, 0.6) is 0 Å². The van der Waals surface area contributed by atoms with Gasteiger partial charge in [0.15, 0.2) is 0 Å². The van der Waals surface area contributed by atoms with E-state index in [9.17, 15) is 0 Å². The lowest BCUT2D eigenvalue weighted by Crippen LogP contribution is -1.87. The van der Waals surface area contributed by atoms with Crippen LogP contribution in [0, 0.1) is 5.92 Å². The molecule has 0 amide bonds. The molecule has 0 saturated heterocycles. The minimum Gasteiger partial charge on any atom is -0.0991 e. The molecule has 0 fully saturated rings. The second-order valence-corrected chi connectivity index (χ2v) is 3.82. The van der Waals surface area contributed by atoms with Gasteiger partial charge in [0.2, 0.25) is 0 Å². The molecule has 74 valence electrons. The Morgan fingerprint density at radius 2 is 1.92 bits per heavy atom. The van der Waals surface area contributed by atoms with Crippen LogP contribution in [0.1, 0.15) is 39.5 Å². The van der Waals surface area contributed by atoms with Crippen molar-refractivity contribution in [1.82, 2.24) is 0 Å². The lowest BCUT2D eigenvalue weighted by Gasteiger charge is -2.04. The van der Waals surface area contributed by atoms with Crippen LogP contribution in [0.15, 0.2) is 37.0 Å². The summed E-state index contributed by atoms with van der Waals surface area (Å²) in [6.45, 7) is 12.0. The van der Waals surface area contributed by atoms with Crippen LogP contribution in [0.3, 0.4) is 0 Å². The number of rotatable bonds is 7. The molecule has 13 heavy (non-hydrogen) atoms. The Hall–Kier alpha value is -0.780. The SMILES string of the molecule is C=C/C=C(\C=C)CCCCC(C)C. The lowest BCUT2D eigenvalue weighted by atomic mass is 10.0. The molecule has 0 aliphatic heterocycles. The summed E-state index contributed by atoms with van der Waals surface area (Å²) in [7, 11) is 0. The van der Waals surface area contributed by atoms with Gasteiger partial charge in [0.1, 0.15) is 0 Å². The summed E-state index contributed by atoms with van der Waals surface area (Å²) < 4.78 is 0. The molecule has 0 aliphatic rings. The van der Waals surface area contributed by atoms with Gasteiger partial charge < -0.3 is 0 Å². The highest BCUT2D eigenvalue weighted by Crippen LogP contribution is 2.13. The van der Waals surface area contributed by atoms with Gasteiger partial charge in [-0.05, 0) is 24.3 Å². The van der Waals surface area contributed by atoms with Crippen LogP contribution in [-0.4, -0.2) is 0 Å². The first-order chi connectivity index (χ1) is 6.20. The Morgan fingerprint density at radius 1 is 1.23 bits per heavy atom. The fraction of sp³-hybridized carbons (Fsp3) is 0.538. The summed E-state index contributed by atoms with van der Waals surface area (Å²) in [6, 6.07) is 0. The maximum absolute atomic E-state index is 3.78. The Morgan fingerprint density at radius 3 is 2.38 bits per heavy atom. The summed E-state index contributed by atoms with van der Waals surface area (Å²) in [5, 5.41) is 0. The predicted octanol–water partition coefficient (Wildman–Crippen LogP) is 4.50. The third-order valence-corrected chi connectivity index (χ3v) is 2.09. The molecule has 0 N–H and O–H groups in total. The third-order valence-electron chi connectivity index (χ3n) is 2.09. The van der Waals surface area contributed by atoms with Crippen molar-refractivity contribution in [3.05, 3.63) is 37.0 Å². The normalized spacial score (nSPS) is 11.8. The Labute approximate surface area is 83.0 Å². The topological polar surface area (TPSA) is 0 Å². The van der Waals surface area contributed by atoms with Gasteiger partial charge in [0.25, 0.3) is 0 Å². The number of allylic oxidation sites excluding steroid dienone is 4. The molecule has 0 nitrogen and oxygen atoms in total. The summed E-state index contributed by atoms with van der Waals surface area (Å²) in [4.78, 5) is 0. The van der Waals surface area contributed by atoms with E-state index in [1.807, 2.05) is 18.2 Å². The van der Waals surface area contributed by atoms with Crippen molar-refractivity contribution in [2.24, 2.45) is 5.92 Å². The molecule has 0 aromatic rings. The maximum atomic E-state index is 3.78. The molecular formula is C13H22. The minimum absolute atomic E-state index is 0.829. The summed E-state index contributed by atoms with van der Waals surface area (Å²) >= 11 is 0. The van der Waals surface area contributed by atoms with Crippen LogP contribution < -0.4 is 0 Å². The number of hydrogen-bond acceptors (Lipinski definition) is 0. The smallest absolute Gasteiger partial charge is 0.0279 e. The zero-order valence-corrected chi connectivity index (χ0v) is 9.05. The van der Waals surface area contributed by atoms with E-state index in [-0.39, 0.29) is 0 Å². The van der Waals surface area contributed by atoms with Gasteiger partial charge in [-0.15, -0.1) is 0 Å². The van der Waals surface area contributed by atoms with Crippen molar-refractivity contribution in [2.45, 2.75) is 39.5 Å². The van der Waals surface area contributed by atoms with Crippen molar-refractivity contribution in [1.29, 1.82) is 0 Å². The second-order valence-electron chi connectivity index (χ2n) is 3.82. The molecule has 0 rings (SSSR count). The Bertz CT molecular complexity index is 172. The third kappa shape index (κ3) is 7.58. The molecule has 0 spiro atoms. The molecule has 0 atom stereocenters. The summed E-state index contributed by atoms with van der Waals surface area (Å²) in [6.07, 6.45) is 10.9. The van der Waals surface area contributed by atoms with Crippen LogP contribution >= 0.6 is 0 Å². The molecule has 0 aromatic carbocycles. The molecule has 0 unspecified atom stereocenters. The zero-order valence-electron chi connectivity index (χ0n) is 9.05. The molecule has 0 bridgehead atoms. The van der Waals surface area contributed by atoms with E-state index in [2.05, 4.69) is 27.0 Å². The van der Waals surface area contributed by atoms with Gasteiger partial charge in [-0.25, -0.2) is 0 Å². The zero-order chi connectivity index (χ0) is 10.1. The largest absolute Gasteiger partial charge is 0.0991 e. The van der Waals surface area contributed by atoms with E-state index in [0.29, 0.717) is 0 Å². The van der Waals surface area contributed by atoms with Crippen molar-refractivity contribution < 1.29 is 0 Å².